The van der Waals surface area contributed by atoms with Crippen LogP contribution < -0.4 is 11.1 Å². The molecular weight excluding hydrogens is 721 g/mol. The lowest BCUT2D eigenvalue weighted by Gasteiger charge is -2.35. The molecule has 4 aliphatic rings. The Morgan fingerprint density at radius 1 is 0.947 bits per heavy atom. The van der Waals surface area contributed by atoms with Crippen molar-refractivity contribution in [1.29, 1.82) is 0 Å². The molecule has 13 heteroatoms. The summed E-state index contributed by atoms with van der Waals surface area (Å²) in [4.78, 5) is 59.9. The quantitative estimate of drug-likeness (QED) is 0.117. The van der Waals surface area contributed by atoms with Crippen molar-refractivity contribution in [3.8, 4) is 22.4 Å². The number of aromatic nitrogens is 4. The average Bonchev–Trinajstić information content (AvgIpc) is 3.92. The number of piperidine rings is 1. The predicted molar refractivity (Wildman–Crippen MR) is 216 cm³/mol. The van der Waals surface area contributed by atoms with Crippen molar-refractivity contribution in [2.75, 3.05) is 13.7 Å². The Bertz CT molecular complexity index is 2570. The number of H-pyrrole nitrogens is 2. The Balaban J connectivity index is 0.905. The number of nitrogens with one attached hydrogen (secondary N) is 3. The number of nitrogens with two attached hydrogens (primary N) is 1. The maximum atomic E-state index is 13.7. The molecule has 2 aliphatic heterocycles. The maximum absolute atomic E-state index is 13.7. The Labute approximate surface area is 329 Å². The zero-order valence-electron chi connectivity index (χ0n) is 32.5. The second-order valence-corrected chi connectivity index (χ2v) is 16.8. The van der Waals surface area contributed by atoms with E-state index >= 15 is 0 Å². The van der Waals surface area contributed by atoms with E-state index in [0.29, 0.717) is 25.3 Å². The molecule has 5 N–H and O–H groups in total. The number of hydrogen-bond donors (Lipinski definition) is 4. The van der Waals surface area contributed by atoms with E-state index in [1.54, 1.807) is 0 Å². The highest BCUT2D eigenvalue weighted by molar-refractivity contribution is 6.07. The van der Waals surface area contributed by atoms with Crippen LogP contribution in [0.25, 0.3) is 55.4 Å². The Kier molecular flexibility index (Phi) is 8.44. The summed E-state index contributed by atoms with van der Waals surface area (Å²) in [5.41, 5.74) is 13.6. The minimum atomic E-state index is -0.660. The number of hydrogen-bond acceptors (Lipinski definition) is 8. The van der Waals surface area contributed by atoms with E-state index in [4.69, 9.17) is 24.9 Å². The summed E-state index contributed by atoms with van der Waals surface area (Å²) < 4.78 is 11.3. The number of rotatable bonds is 9. The molecule has 1 spiro atoms. The van der Waals surface area contributed by atoms with Crippen LogP contribution in [0.5, 0.6) is 0 Å². The molecule has 10 rings (SSSR count). The SMILES string of the molecule is CC[C@H](NC(=O)OC)C(=O)N1CC2(CC2)C[C@H]1c1ncc(-c2ccc3c(c2)oc2cc(-c4ccc5nc([C@@H]6[C@H]7CC[C@H](C7)N6C(=O)[C@@H](N)CC)[nH]c5c4)ccc23)[nH]1. The third-order valence-corrected chi connectivity index (χ3v) is 13.3. The smallest absolute Gasteiger partial charge is 0.407 e. The number of ether oxygens (including phenoxy) is 1. The van der Waals surface area contributed by atoms with E-state index in [1.807, 2.05) is 42.0 Å². The zero-order valence-corrected chi connectivity index (χ0v) is 32.5. The summed E-state index contributed by atoms with van der Waals surface area (Å²) in [6.07, 6.45) is 8.46. The van der Waals surface area contributed by atoms with Gasteiger partial charge in [0.2, 0.25) is 11.8 Å². The van der Waals surface area contributed by atoms with Crippen molar-refractivity contribution in [1.82, 2.24) is 35.1 Å². The number of fused-ring (bicyclic) bond motifs is 6. The first-order valence-electron chi connectivity index (χ1n) is 20.4. The number of amides is 3. The summed E-state index contributed by atoms with van der Waals surface area (Å²) in [7, 11) is 1.30. The van der Waals surface area contributed by atoms with Gasteiger partial charge in [0, 0.05) is 28.9 Å². The molecule has 294 valence electrons. The van der Waals surface area contributed by atoms with Gasteiger partial charge in [0.1, 0.15) is 28.9 Å². The number of aromatic amines is 2. The third-order valence-electron chi connectivity index (χ3n) is 13.3. The molecule has 3 aromatic carbocycles. The highest BCUT2D eigenvalue weighted by Crippen LogP contribution is 2.58. The van der Waals surface area contributed by atoms with Crippen molar-refractivity contribution in [3.05, 3.63) is 72.4 Å². The van der Waals surface area contributed by atoms with Gasteiger partial charge in [-0.2, -0.15) is 0 Å². The third kappa shape index (κ3) is 5.96. The molecule has 6 atom stereocenters. The molecule has 0 radical (unpaired) electrons. The normalized spacial score (nSPS) is 23.2. The highest BCUT2D eigenvalue weighted by Gasteiger charge is 2.55. The fourth-order valence-corrected chi connectivity index (χ4v) is 9.96. The number of methoxy groups -OCH3 is 1. The van der Waals surface area contributed by atoms with Crippen molar-refractivity contribution >= 4 is 50.9 Å². The van der Waals surface area contributed by atoms with Crippen LogP contribution in [0.15, 0.2) is 65.2 Å². The van der Waals surface area contributed by atoms with Crippen LogP contribution in [0.3, 0.4) is 0 Å². The van der Waals surface area contributed by atoms with Gasteiger partial charge in [-0.1, -0.05) is 32.0 Å². The number of benzene rings is 3. The van der Waals surface area contributed by atoms with Gasteiger partial charge in [-0.05, 0) is 110 Å². The second kappa shape index (κ2) is 13.5. The monoisotopic (exact) mass is 768 g/mol. The van der Waals surface area contributed by atoms with Gasteiger partial charge < -0.3 is 40.0 Å². The summed E-state index contributed by atoms with van der Waals surface area (Å²) in [5.74, 6) is 1.91. The fraction of sp³-hybridized carbons (Fsp3) is 0.432. The topological polar surface area (TPSA) is 175 Å². The number of imidazole rings is 2. The molecule has 5 heterocycles. The molecule has 3 aromatic heterocycles. The lowest BCUT2D eigenvalue weighted by molar-refractivity contribution is -0.137. The van der Waals surface area contributed by atoms with E-state index in [0.717, 1.165) is 106 Å². The first-order chi connectivity index (χ1) is 27.7. The number of carbonyl (C=O) groups excluding carboxylic acids is 3. The molecule has 3 amide bonds. The number of likely N-dealkylation sites (tertiary alicyclic amines) is 2. The van der Waals surface area contributed by atoms with E-state index in [9.17, 15) is 14.4 Å². The molecule has 6 aromatic rings. The van der Waals surface area contributed by atoms with Gasteiger partial charge in [0.25, 0.3) is 0 Å². The van der Waals surface area contributed by atoms with Crippen LogP contribution in [0.1, 0.15) is 88.9 Å². The first-order valence-corrected chi connectivity index (χ1v) is 20.4. The van der Waals surface area contributed by atoms with Crippen molar-refractivity contribution in [2.45, 2.75) is 95.4 Å². The molecule has 13 nitrogen and oxygen atoms in total. The predicted octanol–water partition coefficient (Wildman–Crippen LogP) is 7.50. The van der Waals surface area contributed by atoms with Gasteiger partial charge >= 0.3 is 6.09 Å². The van der Waals surface area contributed by atoms with E-state index in [1.165, 1.54) is 7.11 Å². The van der Waals surface area contributed by atoms with Gasteiger partial charge in [-0.3, -0.25) is 9.59 Å². The van der Waals surface area contributed by atoms with Crippen LogP contribution in [0.2, 0.25) is 0 Å². The zero-order chi connectivity index (χ0) is 39.2. The van der Waals surface area contributed by atoms with Crippen LogP contribution >= 0.6 is 0 Å². The highest BCUT2D eigenvalue weighted by atomic mass is 16.5. The van der Waals surface area contributed by atoms with Crippen molar-refractivity contribution < 1.29 is 23.5 Å². The Morgan fingerprint density at radius 2 is 1.68 bits per heavy atom. The molecule has 2 bridgehead atoms. The van der Waals surface area contributed by atoms with Crippen LogP contribution in [0, 0.1) is 11.3 Å². The molecule has 0 unspecified atom stereocenters. The molecule has 4 fully saturated rings. The van der Waals surface area contributed by atoms with Gasteiger partial charge in [-0.15, -0.1) is 0 Å². The minimum Gasteiger partial charge on any atom is -0.456 e. The summed E-state index contributed by atoms with van der Waals surface area (Å²) >= 11 is 0. The van der Waals surface area contributed by atoms with Crippen LogP contribution in [0.4, 0.5) is 4.79 Å². The van der Waals surface area contributed by atoms with Gasteiger partial charge in [-0.25, -0.2) is 14.8 Å². The molecule has 2 saturated heterocycles. The number of furan rings is 1. The number of carbonyl (C=O) groups is 3. The fourth-order valence-electron chi connectivity index (χ4n) is 9.96. The average molecular weight is 769 g/mol. The number of alkyl carbamates (subject to hydrolysis) is 1. The second-order valence-electron chi connectivity index (χ2n) is 16.8. The van der Waals surface area contributed by atoms with Crippen molar-refractivity contribution in [3.63, 3.8) is 0 Å². The lowest BCUT2D eigenvalue weighted by Crippen LogP contribution is -2.48. The Hall–Kier alpha value is -5.69. The molecule has 2 aliphatic carbocycles. The summed E-state index contributed by atoms with van der Waals surface area (Å²) in [6, 6.07) is 17.6. The van der Waals surface area contributed by atoms with Crippen LogP contribution in [-0.4, -0.2) is 79.4 Å². The van der Waals surface area contributed by atoms with Crippen LogP contribution in [-0.2, 0) is 14.3 Å². The van der Waals surface area contributed by atoms with E-state index in [2.05, 4.69) is 57.7 Å². The Morgan fingerprint density at radius 3 is 2.42 bits per heavy atom. The molecular formula is C44H48N8O5. The van der Waals surface area contributed by atoms with Gasteiger partial charge in [0.15, 0.2) is 0 Å². The number of nitrogens with zero attached hydrogens (tertiary/aromatic N) is 4. The maximum Gasteiger partial charge on any atom is 0.407 e. The van der Waals surface area contributed by atoms with Crippen molar-refractivity contribution in [2.24, 2.45) is 17.1 Å². The largest absolute Gasteiger partial charge is 0.456 e. The summed E-state index contributed by atoms with van der Waals surface area (Å²) in [5, 5.41) is 4.76. The van der Waals surface area contributed by atoms with Gasteiger partial charge in [0.05, 0.1) is 48.2 Å². The minimum absolute atomic E-state index is 0.0319. The lowest BCUT2D eigenvalue weighted by atomic mass is 9.97. The summed E-state index contributed by atoms with van der Waals surface area (Å²) in [6.45, 7) is 4.50. The standard InChI is InChI=1S/C44H48N8O5/c1-4-30(45)41(53)52-27-10-6-26(16-27)38(52)40-47-32-13-9-23(17-33(32)48-40)24-7-11-28-29-12-8-25(19-37(29)57-36(28)18-24)34-21-46-39(49-34)35-20-44(14-15-44)22-51(35)42(54)31(5-2)50-43(55)56-3/h7-9,11-13,17-19,21,26-27,30-31,35,38H,4-6,10,14-16,20,22,45H2,1-3H3,(H,46,49)(H,47,48)(H,50,55)/t26-,27+,30-,31-,35-,38-/m0/s1. The molecule has 57 heavy (non-hydrogen) atoms. The molecule has 2 saturated carbocycles. The first kappa shape index (κ1) is 35.7. The van der Waals surface area contributed by atoms with E-state index in [-0.39, 0.29) is 35.4 Å². The van der Waals surface area contributed by atoms with E-state index < -0.39 is 18.2 Å².